The highest BCUT2D eigenvalue weighted by Gasteiger charge is 2.39. The van der Waals surface area contributed by atoms with E-state index in [4.69, 9.17) is 0 Å². The van der Waals surface area contributed by atoms with E-state index in [2.05, 4.69) is 25.2 Å². The minimum absolute atomic E-state index is 0.186. The Morgan fingerprint density at radius 2 is 2.03 bits per heavy atom. The predicted octanol–water partition coefficient (Wildman–Crippen LogP) is 3.58. The number of carbonyl (C=O) groups is 2. The number of H-pyrrole nitrogens is 1. The number of hydrogen-bond acceptors (Lipinski definition) is 5. The third kappa shape index (κ3) is 4.11. The summed E-state index contributed by atoms with van der Waals surface area (Å²) in [5.74, 6) is -0.703. The van der Waals surface area contributed by atoms with Gasteiger partial charge in [0.25, 0.3) is 5.91 Å². The molecule has 0 radical (unpaired) electrons. The highest BCUT2D eigenvalue weighted by Crippen LogP contribution is 2.38. The minimum Gasteiger partial charge on any atom is -0.366 e. The maximum atomic E-state index is 13.4. The van der Waals surface area contributed by atoms with Crippen molar-refractivity contribution in [3.63, 3.8) is 0 Å². The lowest BCUT2D eigenvalue weighted by molar-refractivity contribution is -0.123. The van der Waals surface area contributed by atoms with Crippen LogP contribution in [-0.4, -0.2) is 58.7 Å². The second-order valence-corrected chi connectivity index (χ2v) is 8.43. The molecule has 2 aliphatic heterocycles. The number of carbonyl (C=O) groups excluding carboxylic acids is 2. The summed E-state index contributed by atoms with van der Waals surface area (Å²) < 4.78 is 37.6. The summed E-state index contributed by atoms with van der Waals surface area (Å²) in [6.07, 6.45) is -1.27. The van der Waals surface area contributed by atoms with Gasteiger partial charge in [-0.05, 0) is 44.0 Å². The number of piperidine rings is 1. The molecule has 0 unspecified atom stereocenters. The van der Waals surface area contributed by atoms with Crippen LogP contribution in [0, 0.1) is 6.92 Å². The number of hydrogen-bond donors (Lipinski definition) is 3. The van der Waals surface area contributed by atoms with Crippen molar-refractivity contribution in [3.8, 4) is 0 Å². The summed E-state index contributed by atoms with van der Waals surface area (Å²) >= 11 is 0. The van der Waals surface area contributed by atoms with Crippen molar-refractivity contribution >= 4 is 40.2 Å². The van der Waals surface area contributed by atoms with Crippen molar-refractivity contribution in [1.82, 2.24) is 20.3 Å². The summed E-state index contributed by atoms with van der Waals surface area (Å²) in [6, 6.07) is 6.09. The van der Waals surface area contributed by atoms with Crippen LogP contribution in [0.4, 0.5) is 35.2 Å². The fourth-order valence-electron chi connectivity index (χ4n) is 4.46. The quantitative estimate of drug-likeness (QED) is 0.539. The van der Waals surface area contributed by atoms with Gasteiger partial charge in [0, 0.05) is 30.4 Å². The van der Waals surface area contributed by atoms with Gasteiger partial charge in [0.05, 0.1) is 17.4 Å². The molecule has 2 aliphatic rings. The molecular formula is C22H22F3N7O2. The smallest absolute Gasteiger partial charge is 0.366 e. The lowest BCUT2D eigenvalue weighted by atomic mass is 9.99. The Labute approximate surface area is 192 Å². The molecule has 5 heterocycles. The van der Waals surface area contributed by atoms with Gasteiger partial charge in [0.2, 0.25) is 0 Å². The molecule has 0 saturated carbocycles. The van der Waals surface area contributed by atoms with E-state index in [0.717, 1.165) is 30.5 Å². The van der Waals surface area contributed by atoms with E-state index in [1.165, 1.54) is 11.0 Å². The zero-order valence-electron chi connectivity index (χ0n) is 18.2. The number of aromatic nitrogens is 3. The van der Waals surface area contributed by atoms with Crippen LogP contribution in [0.1, 0.15) is 29.0 Å². The average molecular weight is 473 g/mol. The third-order valence-electron chi connectivity index (χ3n) is 6.01. The van der Waals surface area contributed by atoms with Gasteiger partial charge in [-0.15, -0.1) is 0 Å². The van der Waals surface area contributed by atoms with E-state index in [1.807, 2.05) is 24.4 Å². The standard InChI is InChI=1S/C22H22F3N7O2/c1-12-4-5-14-16(9-26-18(14)28-12)30-21(34)32-13-3-2-8-31(10-13)17-7-6-15(29-19(17)32)20(33)27-11-22(23,24)25/h4-7,9,13H,2-3,8,10-11H2,1H3,(H,26,28)(H,27,33)(H,30,34)/t13-/m0/s1. The Bertz CT molecular complexity index is 1270. The van der Waals surface area contributed by atoms with Gasteiger partial charge in [0.15, 0.2) is 5.82 Å². The fourth-order valence-corrected chi connectivity index (χ4v) is 4.46. The number of rotatable bonds is 3. The zero-order chi connectivity index (χ0) is 24.0. The number of nitrogens with one attached hydrogen (secondary N) is 3. The van der Waals surface area contributed by atoms with Gasteiger partial charge in [-0.3, -0.25) is 9.69 Å². The van der Waals surface area contributed by atoms with Crippen molar-refractivity contribution in [2.45, 2.75) is 32.0 Å². The molecule has 5 rings (SSSR count). The van der Waals surface area contributed by atoms with Crippen molar-refractivity contribution < 1.29 is 22.8 Å². The third-order valence-corrected chi connectivity index (χ3v) is 6.01. The van der Waals surface area contributed by atoms with Crippen molar-refractivity contribution in [3.05, 3.63) is 41.9 Å². The van der Waals surface area contributed by atoms with Crippen LogP contribution >= 0.6 is 0 Å². The predicted molar refractivity (Wildman–Crippen MR) is 120 cm³/mol. The van der Waals surface area contributed by atoms with E-state index in [9.17, 15) is 22.8 Å². The number of aromatic amines is 1. The van der Waals surface area contributed by atoms with Gasteiger partial charge >= 0.3 is 12.2 Å². The van der Waals surface area contributed by atoms with Gasteiger partial charge in [-0.1, -0.05) is 0 Å². The van der Waals surface area contributed by atoms with Gasteiger partial charge in [-0.25, -0.2) is 14.8 Å². The molecule has 3 aromatic heterocycles. The molecule has 9 nitrogen and oxygen atoms in total. The SMILES string of the molecule is Cc1ccc2c(NC(=O)N3c4nc(C(=O)NCC(F)(F)F)ccc4N4CCC[C@H]3C4)c[nH]c2n1. The second kappa shape index (κ2) is 8.19. The first-order valence-corrected chi connectivity index (χ1v) is 10.9. The van der Waals surface area contributed by atoms with E-state index >= 15 is 0 Å². The summed E-state index contributed by atoms with van der Waals surface area (Å²) in [7, 11) is 0. The van der Waals surface area contributed by atoms with Gasteiger partial charge in [-0.2, -0.15) is 13.2 Å². The van der Waals surface area contributed by atoms with Gasteiger partial charge < -0.3 is 20.5 Å². The number of amides is 3. The molecule has 12 heteroatoms. The number of pyridine rings is 2. The van der Waals surface area contributed by atoms with Crippen LogP contribution in [0.3, 0.4) is 0 Å². The van der Waals surface area contributed by atoms with E-state index in [0.29, 0.717) is 23.6 Å². The molecular weight excluding hydrogens is 451 g/mol. The van der Waals surface area contributed by atoms with E-state index in [-0.39, 0.29) is 17.6 Å². The summed E-state index contributed by atoms with van der Waals surface area (Å²) in [4.78, 5) is 41.1. The summed E-state index contributed by atoms with van der Waals surface area (Å²) in [6.45, 7) is 1.79. The first-order valence-electron chi connectivity index (χ1n) is 10.9. The summed E-state index contributed by atoms with van der Waals surface area (Å²) in [5.41, 5.74) is 2.50. The highest BCUT2D eigenvalue weighted by atomic mass is 19.4. The lowest BCUT2D eigenvalue weighted by Crippen LogP contribution is -2.56. The number of aryl methyl sites for hydroxylation is 1. The van der Waals surface area contributed by atoms with E-state index < -0.39 is 24.7 Å². The molecule has 1 atom stereocenters. The molecule has 34 heavy (non-hydrogen) atoms. The lowest BCUT2D eigenvalue weighted by Gasteiger charge is -2.45. The maximum absolute atomic E-state index is 13.4. The minimum atomic E-state index is -4.54. The molecule has 1 fully saturated rings. The Balaban J connectivity index is 1.46. The number of fused-ring (bicyclic) bond motifs is 5. The Hall–Kier alpha value is -3.83. The van der Waals surface area contributed by atoms with Crippen LogP contribution in [0.15, 0.2) is 30.5 Å². The topological polar surface area (TPSA) is 106 Å². The number of anilines is 3. The molecule has 3 aromatic rings. The second-order valence-electron chi connectivity index (χ2n) is 8.43. The molecule has 178 valence electrons. The maximum Gasteiger partial charge on any atom is 0.405 e. The van der Waals surface area contributed by atoms with Crippen LogP contribution < -0.4 is 20.4 Å². The zero-order valence-corrected chi connectivity index (χ0v) is 18.2. The number of nitrogens with zero attached hydrogens (tertiary/aromatic N) is 4. The number of alkyl halides is 3. The molecule has 3 N–H and O–H groups in total. The molecule has 0 aromatic carbocycles. The largest absolute Gasteiger partial charge is 0.405 e. The van der Waals surface area contributed by atoms with Crippen LogP contribution in [-0.2, 0) is 0 Å². The monoisotopic (exact) mass is 473 g/mol. The normalized spacial score (nSPS) is 17.5. The highest BCUT2D eigenvalue weighted by molar-refractivity contribution is 6.08. The van der Waals surface area contributed by atoms with Crippen molar-refractivity contribution in [2.24, 2.45) is 0 Å². The van der Waals surface area contributed by atoms with E-state index in [1.54, 1.807) is 12.3 Å². The Morgan fingerprint density at radius 1 is 1.21 bits per heavy atom. The Morgan fingerprint density at radius 3 is 2.82 bits per heavy atom. The molecule has 3 amide bonds. The number of urea groups is 1. The van der Waals surface area contributed by atoms with Gasteiger partial charge in [0.1, 0.15) is 17.9 Å². The first-order chi connectivity index (χ1) is 16.2. The van der Waals surface area contributed by atoms with Crippen LogP contribution in [0.2, 0.25) is 0 Å². The molecule has 0 spiro atoms. The first kappa shape index (κ1) is 22.0. The van der Waals surface area contributed by atoms with Crippen LogP contribution in [0.25, 0.3) is 11.0 Å². The average Bonchev–Trinajstić information content (AvgIpc) is 3.18. The van der Waals surface area contributed by atoms with Crippen molar-refractivity contribution in [2.75, 3.05) is 34.8 Å². The fraction of sp³-hybridized carbons (Fsp3) is 0.364. The van der Waals surface area contributed by atoms with Crippen molar-refractivity contribution in [1.29, 1.82) is 0 Å². The summed E-state index contributed by atoms with van der Waals surface area (Å²) in [5, 5.41) is 5.48. The molecule has 1 saturated heterocycles. The van der Waals surface area contributed by atoms with Crippen LogP contribution in [0.5, 0.6) is 0 Å². The Kier molecular flexibility index (Phi) is 5.29. The molecule has 2 bridgehead atoms. The number of halogens is 3. The molecule has 0 aliphatic carbocycles.